The number of nitrogens with zero attached hydrogens (tertiary/aromatic N) is 2. The van der Waals surface area contributed by atoms with Crippen molar-refractivity contribution >= 4 is 63.2 Å². The first-order chi connectivity index (χ1) is 15.4. The summed E-state index contributed by atoms with van der Waals surface area (Å²) < 4.78 is 6.85. The van der Waals surface area contributed by atoms with Gasteiger partial charge < -0.3 is 14.6 Å². The summed E-state index contributed by atoms with van der Waals surface area (Å²) in [5.74, 6) is 0.0609. The maximum Gasteiger partial charge on any atom is 0.290 e. The van der Waals surface area contributed by atoms with E-state index in [4.69, 9.17) is 16.0 Å². The smallest absolute Gasteiger partial charge is 0.290 e. The van der Waals surface area contributed by atoms with Crippen molar-refractivity contribution in [3.05, 3.63) is 76.0 Å². The first-order valence-corrected chi connectivity index (χ1v) is 12.0. The predicted octanol–water partition coefficient (Wildman–Crippen LogP) is 5.85. The number of thiazole rings is 1. The molecule has 0 spiro atoms. The minimum absolute atomic E-state index is 0.140. The van der Waals surface area contributed by atoms with Crippen LogP contribution in [0.25, 0.3) is 11.0 Å². The summed E-state index contributed by atoms with van der Waals surface area (Å²) in [6.45, 7) is 1.81. The second-order valence-corrected chi connectivity index (χ2v) is 9.63. The Balaban J connectivity index is 1.53. The Morgan fingerprint density at radius 3 is 2.69 bits per heavy atom. The van der Waals surface area contributed by atoms with E-state index in [2.05, 4.69) is 10.3 Å². The molecule has 6 nitrogen and oxygen atoms in total. The van der Waals surface area contributed by atoms with Crippen LogP contribution in [0.4, 0.5) is 5.69 Å². The zero-order chi connectivity index (χ0) is 22.7. The first-order valence-electron chi connectivity index (χ1n) is 9.77. The summed E-state index contributed by atoms with van der Waals surface area (Å²) in [6.07, 6.45) is 0. The van der Waals surface area contributed by atoms with Gasteiger partial charge in [-0.2, -0.15) is 0 Å². The molecule has 0 saturated carbocycles. The van der Waals surface area contributed by atoms with E-state index in [9.17, 15) is 9.59 Å². The summed E-state index contributed by atoms with van der Waals surface area (Å²) in [6, 6.07) is 14.5. The van der Waals surface area contributed by atoms with Crippen molar-refractivity contribution in [2.45, 2.75) is 17.0 Å². The molecule has 0 saturated heterocycles. The molecular formula is C23H20ClN3O3S2. The molecule has 2 amide bonds. The quantitative estimate of drug-likeness (QED) is 0.332. The van der Waals surface area contributed by atoms with Gasteiger partial charge in [-0.05, 0) is 25.1 Å². The third kappa shape index (κ3) is 4.98. The number of furan rings is 1. The van der Waals surface area contributed by atoms with Crippen LogP contribution in [0.3, 0.4) is 0 Å². The van der Waals surface area contributed by atoms with Gasteiger partial charge in [0, 0.05) is 34.8 Å². The van der Waals surface area contributed by atoms with Crippen molar-refractivity contribution in [1.82, 2.24) is 9.88 Å². The number of anilines is 1. The molecule has 0 aliphatic heterocycles. The maximum absolute atomic E-state index is 13.2. The zero-order valence-corrected chi connectivity index (χ0v) is 19.8. The molecule has 9 heteroatoms. The number of carbonyl (C=O) groups excluding carboxylic acids is 2. The fourth-order valence-corrected chi connectivity index (χ4v) is 5.22. The van der Waals surface area contributed by atoms with Crippen LogP contribution in [0, 0.1) is 6.92 Å². The Bertz CT molecular complexity index is 1280. The van der Waals surface area contributed by atoms with E-state index >= 15 is 0 Å². The molecule has 0 aliphatic carbocycles. The number of rotatable bonds is 7. The number of likely N-dealkylation sites (N-methyl/N-ethyl adjacent to an activating group) is 1. The number of carbonyl (C=O) groups is 2. The third-order valence-corrected chi connectivity index (χ3v) is 7.20. The molecule has 0 bridgehead atoms. The third-order valence-electron chi connectivity index (χ3n) is 4.71. The van der Waals surface area contributed by atoms with Gasteiger partial charge in [0.2, 0.25) is 5.91 Å². The van der Waals surface area contributed by atoms with Gasteiger partial charge >= 0.3 is 0 Å². The second kappa shape index (κ2) is 9.77. The maximum atomic E-state index is 13.2. The molecule has 0 unspecified atom stereocenters. The first kappa shape index (κ1) is 22.4. The van der Waals surface area contributed by atoms with Crippen LogP contribution < -0.4 is 5.32 Å². The molecule has 0 aliphatic rings. The number of amides is 2. The molecule has 2 heterocycles. The van der Waals surface area contributed by atoms with Crippen LogP contribution in [0.5, 0.6) is 0 Å². The summed E-state index contributed by atoms with van der Waals surface area (Å²) in [7, 11) is 1.57. The minimum Gasteiger partial charge on any atom is -0.451 e. The SMILES string of the molecule is Cc1csc(SCc2c(C(=O)N(C)CC(=O)Nc3ccccc3Cl)oc3ccccc23)n1. The fourth-order valence-electron chi connectivity index (χ4n) is 3.16. The molecule has 0 radical (unpaired) electrons. The summed E-state index contributed by atoms with van der Waals surface area (Å²) in [4.78, 5) is 31.5. The lowest BCUT2D eigenvalue weighted by atomic mass is 10.1. The van der Waals surface area contributed by atoms with Gasteiger partial charge in [0.25, 0.3) is 5.91 Å². The topological polar surface area (TPSA) is 75.4 Å². The summed E-state index contributed by atoms with van der Waals surface area (Å²) >= 11 is 9.23. The predicted molar refractivity (Wildman–Crippen MR) is 130 cm³/mol. The normalized spacial score (nSPS) is 11.0. The zero-order valence-electron chi connectivity index (χ0n) is 17.4. The molecule has 0 atom stereocenters. The number of fused-ring (bicyclic) bond motifs is 1. The summed E-state index contributed by atoms with van der Waals surface area (Å²) in [5, 5.41) is 6.04. The Morgan fingerprint density at radius 1 is 1.19 bits per heavy atom. The van der Waals surface area contributed by atoms with Crippen molar-refractivity contribution in [3.8, 4) is 0 Å². The van der Waals surface area contributed by atoms with Crippen molar-refractivity contribution in [1.29, 1.82) is 0 Å². The highest BCUT2D eigenvalue weighted by atomic mass is 35.5. The van der Waals surface area contributed by atoms with Crippen molar-refractivity contribution in [2.75, 3.05) is 18.9 Å². The van der Waals surface area contributed by atoms with E-state index in [1.165, 1.54) is 4.90 Å². The van der Waals surface area contributed by atoms with E-state index in [-0.39, 0.29) is 24.1 Å². The number of hydrogen-bond acceptors (Lipinski definition) is 6. The molecule has 4 aromatic rings. The monoisotopic (exact) mass is 485 g/mol. The summed E-state index contributed by atoms with van der Waals surface area (Å²) in [5.41, 5.74) is 2.90. The van der Waals surface area contributed by atoms with E-state index < -0.39 is 0 Å². The lowest BCUT2D eigenvalue weighted by Crippen LogP contribution is -2.35. The Morgan fingerprint density at radius 2 is 1.94 bits per heavy atom. The number of para-hydroxylation sites is 2. The Kier molecular flexibility index (Phi) is 6.83. The number of nitrogens with one attached hydrogen (secondary N) is 1. The van der Waals surface area contributed by atoms with Crippen LogP contribution in [0.2, 0.25) is 5.02 Å². The number of aryl methyl sites for hydroxylation is 1. The van der Waals surface area contributed by atoms with Crippen LogP contribution >= 0.6 is 34.7 Å². The van der Waals surface area contributed by atoms with E-state index in [1.54, 1.807) is 54.4 Å². The molecule has 2 aromatic heterocycles. The van der Waals surface area contributed by atoms with Crippen LogP contribution in [0.15, 0.2) is 62.7 Å². The molecule has 1 N–H and O–H groups in total. The molecule has 164 valence electrons. The number of thioether (sulfide) groups is 1. The van der Waals surface area contributed by atoms with Gasteiger partial charge in [-0.25, -0.2) is 4.98 Å². The molecular weight excluding hydrogens is 466 g/mol. The largest absolute Gasteiger partial charge is 0.451 e. The van der Waals surface area contributed by atoms with Gasteiger partial charge in [0.1, 0.15) is 9.92 Å². The molecule has 2 aromatic carbocycles. The van der Waals surface area contributed by atoms with Gasteiger partial charge in [-0.3, -0.25) is 9.59 Å². The van der Waals surface area contributed by atoms with Crippen LogP contribution in [-0.2, 0) is 10.5 Å². The highest BCUT2D eigenvalue weighted by molar-refractivity contribution is 8.00. The lowest BCUT2D eigenvalue weighted by molar-refractivity contribution is -0.116. The van der Waals surface area contributed by atoms with E-state index in [0.717, 1.165) is 21.0 Å². The van der Waals surface area contributed by atoms with Crippen molar-refractivity contribution in [2.24, 2.45) is 0 Å². The number of hydrogen-bond donors (Lipinski definition) is 1. The van der Waals surface area contributed by atoms with Gasteiger partial charge in [0.15, 0.2) is 5.76 Å². The number of benzene rings is 2. The lowest BCUT2D eigenvalue weighted by Gasteiger charge is -2.16. The molecule has 0 fully saturated rings. The molecule has 4 rings (SSSR count). The highest BCUT2D eigenvalue weighted by Crippen LogP contribution is 2.33. The highest BCUT2D eigenvalue weighted by Gasteiger charge is 2.25. The van der Waals surface area contributed by atoms with E-state index in [1.807, 2.05) is 36.6 Å². The van der Waals surface area contributed by atoms with Crippen LogP contribution in [-0.4, -0.2) is 35.3 Å². The number of halogens is 1. The van der Waals surface area contributed by atoms with Crippen molar-refractivity contribution in [3.63, 3.8) is 0 Å². The van der Waals surface area contributed by atoms with Gasteiger partial charge in [0.05, 0.1) is 17.3 Å². The van der Waals surface area contributed by atoms with E-state index in [0.29, 0.717) is 22.0 Å². The van der Waals surface area contributed by atoms with Gasteiger partial charge in [-0.15, -0.1) is 11.3 Å². The second-order valence-electron chi connectivity index (χ2n) is 7.14. The standard InChI is InChI=1S/C23H20ClN3O3S2/c1-14-12-31-23(25-14)32-13-16-15-7-3-6-10-19(15)30-21(16)22(29)27(2)11-20(28)26-18-9-5-4-8-17(18)24/h3-10,12H,11,13H2,1-2H3,(H,26,28). The number of aromatic nitrogens is 1. The minimum atomic E-state index is -0.360. The average Bonchev–Trinajstić information content (AvgIpc) is 3.36. The fraction of sp³-hybridized carbons (Fsp3) is 0.174. The Labute approximate surface area is 198 Å². The van der Waals surface area contributed by atoms with Crippen molar-refractivity contribution < 1.29 is 14.0 Å². The Hall–Kier alpha value is -2.81. The average molecular weight is 486 g/mol. The molecule has 32 heavy (non-hydrogen) atoms. The van der Waals surface area contributed by atoms with Gasteiger partial charge in [-0.1, -0.05) is 53.7 Å². The van der Waals surface area contributed by atoms with Crippen LogP contribution in [0.1, 0.15) is 21.8 Å².